The van der Waals surface area contributed by atoms with Crippen LogP contribution in [0.15, 0.2) is 16.6 Å². The van der Waals surface area contributed by atoms with Crippen molar-refractivity contribution in [2.75, 3.05) is 5.88 Å². The normalized spacial score (nSPS) is 12.1. The van der Waals surface area contributed by atoms with E-state index in [-0.39, 0.29) is 0 Å². The Balaban J connectivity index is 4.62. The van der Waals surface area contributed by atoms with E-state index >= 15 is 0 Å². The highest BCUT2D eigenvalue weighted by Gasteiger charge is 2.13. The van der Waals surface area contributed by atoms with Gasteiger partial charge in [-0.15, -0.1) is 16.5 Å². The van der Waals surface area contributed by atoms with E-state index in [4.69, 9.17) is 21.8 Å². The molecule has 0 aromatic rings. The summed E-state index contributed by atoms with van der Waals surface area (Å²) in [6.07, 6.45) is 0. The van der Waals surface area contributed by atoms with Gasteiger partial charge in [0, 0.05) is 0 Å². The zero-order valence-electron chi connectivity index (χ0n) is 4.74. The van der Waals surface area contributed by atoms with Gasteiger partial charge in [0.1, 0.15) is 5.76 Å². The number of nitrogens with zero attached hydrogens (tertiary/aromatic N) is 1. The van der Waals surface area contributed by atoms with Crippen LogP contribution in [0, 0.1) is 4.91 Å². The molecule has 0 fully saturated rings. The average Bonchev–Trinajstić information content (AvgIpc) is 1.88. The van der Waals surface area contributed by atoms with Crippen molar-refractivity contribution in [1.29, 1.82) is 0 Å². The number of aliphatic hydroxyl groups excluding tert-OH is 1. The number of nitroso groups, excluding NO2 is 1. The highest BCUT2D eigenvalue weighted by molar-refractivity contribution is 6.19. The molecule has 0 heterocycles. The third-order valence-electron chi connectivity index (χ3n) is 0.694. The molecule has 56 valence electrons. The number of alkyl halides is 1. The number of aliphatic carboxylic acids is 1. The van der Waals surface area contributed by atoms with Crippen LogP contribution >= 0.6 is 11.6 Å². The Morgan fingerprint density at radius 2 is 2.00 bits per heavy atom. The highest BCUT2D eigenvalue weighted by Crippen LogP contribution is 2.04. The maximum Gasteiger partial charge on any atom is 0.361 e. The Morgan fingerprint density at radius 1 is 1.50 bits per heavy atom. The quantitative estimate of drug-likeness (QED) is 0.281. The van der Waals surface area contributed by atoms with Crippen molar-refractivity contribution in [3.8, 4) is 0 Å². The molecule has 0 aliphatic carbocycles. The molecule has 0 saturated heterocycles. The standard InChI is InChI=1S/C4H4ClNO4/c5-1-2(7)3(6-10)4(8)9/h7H,1H2,(H,8,9)/b3-2+. The largest absolute Gasteiger partial charge is 0.508 e. The molecule has 0 aromatic carbocycles. The van der Waals surface area contributed by atoms with Crippen LogP contribution in [0.3, 0.4) is 0 Å². The van der Waals surface area contributed by atoms with Gasteiger partial charge in [-0.1, -0.05) is 0 Å². The van der Waals surface area contributed by atoms with E-state index in [1.165, 1.54) is 0 Å². The third-order valence-corrected chi connectivity index (χ3v) is 0.947. The van der Waals surface area contributed by atoms with Crippen LogP contribution < -0.4 is 0 Å². The van der Waals surface area contributed by atoms with Crippen molar-refractivity contribution in [2.45, 2.75) is 0 Å². The smallest absolute Gasteiger partial charge is 0.361 e. The molecule has 5 nitrogen and oxygen atoms in total. The van der Waals surface area contributed by atoms with Crippen LogP contribution in [0.2, 0.25) is 0 Å². The maximum absolute atomic E-state index is 9.96. The van der Waals surface area contributed by atoms with Crippen molar-refractivity contribution in [3.63, 3.8) is 0 Å². The van der Waals surface area contributed by atoms with Crippen LogP contribution in [-0.4, -0.2) is 22.1 Å². The monoisotopic (exact) mass is 165 g/mol. The second-order valence-corrected chi connectivity index (χ2v) is 1.59. The number of carbonyl (C=O) groups is 1. The third kappa shape index (κ3) is 2.02. The first-order valence-corrected chi connectivity index (χ1v) is 2.71. The minimum atomic E-state index is -1.59. The summed E-state index contributed by atoms with van der Waals surface area (Å²) in [6, 6.07) is 0. The lowest BCUT2D eigenvalue weighted by Crippen LogP contribution is -2.02. The summed E-state index contributed by atoms with van der Waals surface area (Å²) in [7, 11) is 0. The Hall–Kier alpha value is -1.10. The highest BCUT2D eigenvalue weighted by atomic mass is 35.5. The summed E-state index contributed by atoms with van der Waals surface area (Å²) >= 11 is 5.00. The van der Waals surface area contributed by atoms with Crippen molar-refractivity contribution < 1.29 is 15.0 Å². The molecule has 0 radical (unpaired) electrons. The van der Waals surface area contributed by atoms with Crippen LogP contribution in [0.1, 0.15) is 0 Å². The van der Waals surface area contributed by atoms with Crippen LogP contribution in [0.4, 0.5) is 0 Å². The fourth-order valence-corrected chi connectivity index (χ4v) is 0.405. The van der Waals surface area contributed by atoms with E-state index in [0.717, 1.165) is 0 Å². The first-order valence-electron chi connectivity index (χ1n) is 2.18. The molecule has 6 heteroatoms. The van der Waals surface area contributed by atoms with Gasteiger partial charge in [-0.25, -0.2) is 4.79 Å². The molecular formula is C4H4ClNO4. The van der Waals surface area contributed by atoms with Gasteiger partial charge in [0.25, 0.3) is 0 Å². The Bertz CT molecular complexity index is 188. The molecule has 0 bridgehead atoms. The minimum absolute atomic E-state index is 0.437. The Morgan fingerprint density at radius 3 is 2.10 bits per heavy atom. The molecule has 0 aromatic heterocycles. The van der Waals surface area contributed by atoms with Gasteiger partial charge >= 0.3 is 5.97 Å². The summed E-state index contributed by atoms with van der Waals surface area (Å²) in [6.45, 7) is 0. The molecule has 0 spiro atoms. The van der Waals surface area contributed by atoms with Crippen molar-refractivity contribution in [1.82, 2.24) is 0 Å². The number of rotatable bonds is 3. The number of halogens is 1. The topological polar surface area (TPSA) is 87.0 Å². The number of hydrogen-bond acceptors (Lipinski definition) is 4. The van der Waals surface area contributed by atoms with Gasteiger partial charge in [0.2, 0.25) is 5.70 Å². The molecule has 2 N–H and O–H groups in total. The number of hydrogen-bond donors (Lipinski definition) is 2. The van der Waals surface area contributed by atoms with Crippen molar-refractivity contribution in [3.05, 3.63) is 16.4 Å². The van der Waals surface area contributed by atoms with E-state index in [0.29, 0.717) is 0 Å². The van der Waals surface area contributed by atoms with Crippen molar-refractivity contribution >= 4 is 17.6 Å². The van der Waals surface area contributed by atoms with Crippen LogP contribution in [0.5, 0.6) is 0 Å². The predicted molar refractivity (Wildman–Crippen MR) is 33.8 cm³/mol. The lowest BCUT2D eigenvalue weighted by atomic mass is 10.4. The number of allylic oxidation sites excluding steroid dienone is 1. The zero-order chi connectivity index (χ0) is 8.15. The second kappa shape index (κ2) is 3.84. The summed E-state index contributed by atoms with van der Waals surface area (Å²) in [4.78, 5) is 19.6. The second-order valence-electron chi connectivity index (χ2n) is 1.33. The summed E-state index contributed by atoms with van der Waals surface area (Å²) in [5.74, 6) is -2.76. The van der Waals surface area contributed by atoms with E-state index in [9.17, 15) is 9.70 Å². The predicted octanol–water partition coefficient (Wildman–Crippen LogP) is 0.846. The van der Waals surface area contributed by atoms with Crippen molar-refractivity contribution in [2.24, 2.45) is 5.18 Å². The molecule has 0 aliphatic rings. The van der Waals surface area contributed by atoms with Gasteiger partial charge in [-0.05, 0) is 5.18 Å². The Kier molecular flexibility index (Phi) is 3.42. The minimum Gasteiger partial charge on any atom is -0.508 e. The lowest BCUT2D eigenvalue weighted by molar-refractivity contribution is -0.132. The van der Waals surface area contributed by atoms with Gasteiger partial charge in [0.05, 0.1) is 5.88 Å². The summed E-state index contributed by atoms with van der Waals surface area (Å²) in [5, 5.41) is 18.7. The number of aliphatic hydroxyl groups is 1. The van der Waals surface area contributed by atoms with E-state index in [1.54, 1.807) is 0 Å². The lowest BCUT2D eigenvalue weighted by Gasteiger charge is -1.92. The van der Waals surface area contributed by atoms with E-state index < -0.39 is 23.3 Å². The van der Waals surface area contributed by atoms with Gasteiger partial charge in [0.15, 0.2) is 0 Å². The van der Waals surface area contributed by atoms with Crippen LogP contribution in [-0.2, 0) is 4.79 Å². The summed E-state index contributed by atoms with van der Waals surface area (Å²) in [5.41, 5.74) is -0.949. The SMILES string of the molecule is O=N/C(C(=O)O)=C(/O)CCl. The Labute approximate surface area is 60.9 Å². The number of carboxylic acids is 1. The van der Waals surface area contributed by atoms with Gasteiger partial charge < -0.3 is 10.2 Å². The first kappa shape index (κ1) is 8.90. The molecule has 0 rings (SSSR count). The molecule has 0 amide bonds. The van der Waals surface area contributed by atoms with E-state index in [1.807, 2.05) is 0 Å². The fraction of sp³-hybridized carbons (Fsp3) is 0.250. The molecule has 10 heavy (non-hydrogen) atoms. The van der Waals surface area contributed by atoms with E-state index in [2.05, 4.69) is 5.18 Å². The molecular weight excluding hydrogens is 161 g/mol. The fourth-order valence-electron chi connectivity index (χ4n) is 0.278. The van der Waals surface area contributed by atoms with Crippen LogP contribution in [0.25, 0.3) is 0 Å². The summed E-state index contributed by atoms with van der Waals surface area (Å²) < 4.78 is 0. The molecule has 0 atom stereocenters. The van der Waals surface area contributed by atoms with Gasteiger partial charge in [-0.3, -0.25) is 0 Å². The maximum atomic E-state index is 9.96. The molecule has 0 aliphatic heterocycles. The average molecular weight is 166 g/mol. The number of carboxylic acid groups (broad SMARTS) is 1. The van der Waals surface area contributed by atoms with Gasteiger partial charge in [-0.2, -0.15) is 0 Å². The molecule has 0 saturated carbocycles. The molecule has 0 unspecified atom stereocenters. The first-order chi connectivity index (χ1) is 4.63. The zero-order valence-corrected chi connectivity index (χ0v) is 5.50.